The van der Waals surface area contributed by atoms with E-state index in [-0.39, 0.29) is 47.1 Å². The lowest BCUT2D eigenvalue weighted by Crippen LogP contribution is -2.51. The number of piperazine rings is 1. The number of halogens is 5. The molecule has 5 heterocycles. The van der Waals surface area contributed by atoms with Crippen LogP contribution in [0.1, 0.15) is 36.1 Å². The van der Waals surface area contributed by atoms with Crippen molar-refractivity contribution in [2.75, 3.05) is 31.1 Å². The van der Waals surface area contributed by atoms with Crippen molar-refractivity contribution in [2.24, 2.45) is 0 Å². The number of anilines is 1. The van der Waals surface area contributed by atoms with E-state index in [1.54, 1.807) is 24.4 Å². The number of pyridine rings is 1. The van der Waals surface area contributed by atoms with Crippen molar-refractivity contribution in [3.8, 4) is 23.3 Å². The topological polar surface area (TPSA) is 121 Å². The Morgan fingerprint density at radius 2 is 1.92 bits per heavy atom. The van der Waals surface area contributed by atoms with Gasteiger partial charge in [0.1, 0.15) is 23.9 Å². The second kappa shape index (κ2) is 13.1. The number of benzene rings is 2. The number of nitrogens with one attached hydrogen (secondary N) is 1. The summed E-state index contributed by atoms with van der Waals surface area (Å²) >= 11 is 0. The van der Waals surface area contributed by atoms with Gasteiger partial charge in [-0.05, 0) is 43.7 Å². The Hall–Kier alpha value is -5.14. The van der Waals surface area contributed by atoms with Crippen LogP contribution in [0, 0.1) is 23.0 Å². The van der Waals surface area contributed by atoms with Crippen molar-refractivity contribution < 1.29 is 31.4 Å². The van der Waals surface area contributed by atoms with Gasteiger partial charge in [-0.1, -0.05) is 6.07 Å². The molecule has 5 aromatic rings. The number of nitriles is 1. The molecule has 49 heavy (non-hydrogen) atoms. The second-order valence-corrected chi connectivity index (χ2v) is 12.1. The number of hydrogen-bond donors (Lipinski definition) is 1. The van der Waals surface area contributed by atoms with E-state index >= 15 is 0 Å². The van der Waals surface area contributed by atoms with Crippen LogP contribution in [0.2, 0.25) is 0 Å². The van der Waals surface area contributed by atoms with Gasteiger partial charge >= 0.3 is 6.18 Å². The fourth-order valence-electron chi connectivity index (χ4n) is 6.00. The lowest BCUT2D eigenvalue weighted by molar-refractivity contribution is -0.144. The van der Waals surface area contributed by atoms with Crippen LogP contribution in [0.15, 0.2) is 48.7 Å². The number of fused-ring (bicyclic) bond motifs is 1. The van der Waals surface area contributed by atoms with Gasteiger partial charge in [-0.25, -0.2) is 13.8 Å². The number of hydrogen-bond acceptors (Lipinski definition) is 9. The normalized spacial score (nSPS) is 18.4. The predicted molar refractivity (Wildman–Crippen MR) is 166 cm³/mol. The summed E-state index contributed by atoms with van der Waals surface area (Å²) in [5, 5.41) is 15.8. The summed E-state index contributed by atoms with van der Waals surface area (Å²) in [6, 6.07) is 12.2. The number of imidazole rings is 1. The maximum Gasteiger partial charge on any atom is 0.451 e. The summed E-state index contributed by atoms with van der Waals surface area (Å²) in [5.41, 5.74) is 2.65. The average Bonchev–Trinajstić information content (AvgIpc) is 3.69. The summed E-state index contributed by atoms with van der Waals surface area (Å²) in [6.07, 6.45) is -2.14. The van der Waals surface area contributed by atoms with Gasteiger partial charge in [-0.2, -0.15) is 18.4 Å². The van der Waals surface area contributed by atoms with Gasteiger partial charge in [-0.3, -0.25) is 9.88 Å². The minimum Gasteiger partial charge on any atom is -0.486 e. The molecule has 0 radical (unpaired) electrons. The lowest BCUT2D eigenvalue weighted by atomic mass is 10.1. The van der Waals surface area contributed by atoms with Crippen LogP contribution >= 0.6 is 0 Å². The lowest BCUT2D eigenvalue weighted by Gasteiger charge is -2.41. The van der Waals surface area contributed by atoms with Crippen LogP contribution < -0.4 is 9.64 Å². The van der Waals surface area contributed by atoms with E-state index < -0.39 is 23.6 Å². The van der Waals surface area contributed by atoms with Crippen molar-refractivity contribution >= 4 is 16.7 Å². The van der Waals surface area contributed by atoms with Crippen molar-refractivity contribution in [3.63, 3.8) is 0 Å². The van der Waals surface area contributed by atoms with E-state index in [9.17, 15) is 22.0 Å². The summed E-state index contributed by atoms with van der Waals surface area (Å²) in [6.45, 7) is 5.56. The zero-order valence-electron chi connectivity index (χ0n) is 26.2. The Labute approximate surface area is 276 Å². The summed E-state index contributed by atoms with van der Waals surface area (Å²) in [7, 11) is 0. The predicted octanol–water partition coefficient (Wildman–Crippen LogP) is 5.46. The molecule has 11 nitrogen and oxygen atoms in total. The molecule has 7 rings (SSSR count). The third kappa shape index (κ3) is 6.76. The van der Waals surface area contributed by atoms with Crippen LogP contribution in [0.3, 0.4) is 0 Å². The summed E-state index contributed by atoms with van der Waals surface area (Å²) in [5.74, 6) is -1.70. The molecular weight excluding hydrogens is 649 g/mol. The van der Waals surface area contributed by atoms with E-state index in [4.69, 9.17) is 19.7 Å². The van der Waals surface area contributed by atoms with Crippen molar-refractivity contribution in [3.05, 3.63) is 83.1 Å². The van der Waals surface area contributed by atoms with E-state index in [0.29, 0.717) is 44.8 Å². The molecule has 3 aromatic heterocycles. The Morgan fingerprint density at radius 1 is 1.08 bits per heavy atom. The van der Waals surface area contributed by atoms with Crippen molar-refractivity contribution in [1.82, 2.24) is 34.6 Å². The highest BCUT2D eigenvalue weighted by molar-refractivity contribution is 5.79. The van der Waals surface area contributed by atoms with Gasteiger partial charge in [0.15, 0.2) is 17.4 Å². The smallest absolute Gasteiger partial charge is 0.451 e. The second-order valence-electron chi connectivity index (χ2n) is 12.1. The van der Waals surface area contributed by atoms with E-state index in [0.717, 1.165) is 29.5 Å². The highest BCUT2D eigenvalue weighted by atomic mass is 19.4. The molecule has 0 spiro atoms. The van der Waals surface area contributed by atoms with Gasteiger partial charge in [0.05, 0.1) is 48.1 Å². The van der Waals surface area contributed by atoms with Gasteiger partial charge in [0.2, 0.25) is 5.82 Å². The molecule has 2 aromatic carbocycles. The molecule has 0 aliphatic carbocycles. The minimum atomic E-state index is -4.66. The van der Waals surface area contributed by atoms with Gasteiger partial charge in [-0.15, -0.1) is 10.2 Å². The first-order chi connectivity index (χ1) is 23.6. The molecule has 2 unspecified atom stereocenters. The molecule has 2 aliphatic rings. The summed E-state index contributed by atoms with van der Waals surface area (Å²) in [4.78, 5) is 15.9. The molecule has 0 saturated carbocycles. The monoisotopic (exact) mass is 679 g/mol. The fourth-order valence-corrected chi connectivity index (χ4v) is 6.00. The highest BCUT2D eigenvalue weighted by Crippen LogP contribution is 2.31. The number of nitrogens with zero attached hydrogens (tertiary/aromatic N) is 8. The van der Waals surface area contributed by atoms with Crippen molar-refractivity contribution in [2.45, 2.75) is 51.4 Å². The van der Waals surface area contributed by atoms with Crippen LogP contribution in [-0.4, -0.2) is 73.0 Å². The maximum absolute atomic E-state index is 14.7. The molecular formula is C33H30F5N9O2. The van der Waals surface area contributed by atoms with E-state index in [2.05, 4.69) is 41.5 Å². The maximum atomic E-state index is 14.7. The van der Waals surface area contributed by atoms with Gasteiger partial charge in [0.25, 0.3) is 0 Å². The number of alkyl halides is 3. The number of ether oxygens (including phenoxy) is 2. The van der Waals surface area contributed by atoms with Crippen LogP contribution in [0.4, 0.5) is 27.6 Å². The molecule has 2 saturated heterocycles. The standard InChI is InChI=1S/C33H30F5N9O2/c1-19-15-46(22-4-5-24(34)29(11-22)49-18-21-3-2-20(13-39)10-25(21)35)8-7-45(19)17-30-41-26-12-27(31-42-32(44-43-31)33(36,37)38)40-14-28(26)47(30)16-23-6-9-48-23/h2-5,10-12,14,19,23H,6-9,15-18H2,1H3,(H,42,43,44). The van der Waals surface area contributed by atoms with E-state index in [1.807, 2.05) is 6.07 Å². The minimum absolute atomic E-state index is 0.00351. The number of aromatic amines is 1. The molecule has 2 fully saturated rings. The first-order valence-electron chi connectivity index (χ1n) is 15.6. The van der Waals surface area contributed by atoms with Crippen LogP contribution in [0.25, 0.3) is 22.6 Å². The molecule has 0 amide bonds. The number of rotatable bonds is 9. The Balaban J connectivity index is 1.06. The summed E-state index contributed by atoms with van der Waals surface area (Å²) < 4.78 is 81.7. The molecule has 2 aliphatic heterocycles. The Bertz CT molecular complexity index is 2040. The third-order valence-electron chi connectivity index (χ3n) is 8.85. The van der Waals surface area contributed by atoms with Gasteiger partial charge in [0, 0.05) is 49.6 Å². The van der Waals surface area contributed by atoms with Gasteiger partial charge < -0.3 is 23.9 Å². The number of H-pyrrole nitrogens is 1. The third-order valence-corrected chi connectivity index (χ3v) is 8.85. The molecule has 2 atom stereocenters. The van der Waals surface area contributed by atoms with E-state index in [1.165, 1.54) is 18.2 Å². The zero-order valence-corrected chi connectivity index (χ0v) is 26.2. The molecule has 254 valence electrons. The number of aromatic nitrogens is 6. The van der Waals surface area contributed by atoms with Crippen LogP contribution in [0.5, 0.6) is 5.75 Å². The Kier molecular flexibility index (Phi) is 8.63. The quantitative estimate of drug-likeness (QED) is 0.203. The van der Waals surface area contributed by atoms with Crippen LogP contribution in [-0.2, 0) is 30.6 Å². The highest BCUT2D eigenvalue weighted by Gasteiger charge is 2.36. The van der Waals surface area contributed by atoms with Crippen molar-refractivity contribution in [1.29, 1.82) is 5.26 Å². The first-order valence-corrected chi connectivity index (χ1v) is 15.6. The Morgan fingerprint density at radius 3 is 2.61 bits per heavy atom. The molecule has 1 N–H and O–H groups in total. The molecule has 0 bridgehead atoms. The molecule has 16 heteroatoms. The fraction of sp³-hybridized carbons (Fsp3) is 0.364. The average molecular weight is 680 g/mol. The SMILES string of the molecule is CC1CN(c2ccc(F)c(OCc3ccc(C#N)cc3F)c2)CCN1Cc1nc2cc(-c3nnc(C(F)(F)F)[nH]3)ncc2n1CC1CCO1. The largest absolute Gasteiger partial charge is 0.486 e. The first kappa shape index (κ1) is 32.4. The zero-order chi connectivity index (χ0) is 34.3.